The molecule has 0 amide bonds. The van der Waals surface area contributed by atoms with Crippen LogP contribution in [0.3, 0.4) is 0 Å². The van der Waals surface area contributed by atoms with Crippen LogP contribution in [0.1, 0.15) is 0 Å². The summed E-state index contributed by atoms with van der Waals surface area (Å²) >= 11 is 0. The number of hydrogen-bond donors (Lipinski definition) is 2. The van der Waals surface area contributed by atoms with Gasteiger partial charge in [0.05, 0.1) is 4.90 Å². The van der Waals surface area contributed by atoms with Gasteiger partial charge in [-0.05, 0) is 24.3 Å². The fraction of sp³-hybridized carbons (Fsp3) is 0.455. The Kier molecular flexibility index (Phi) is 3.16. The Hall–Kier alpha value is -1.07. The highest BCUT2D eigenvalue weighted by Crippen LogP contribution is 2.14. The lowest BCUT2D eigenvalue weighted by atomic mass is 10.0. The number of sulfone groups is 1. The smallest absolute Gasteiger partial charge is 0.175 e. The molecule has 0 atom stereocenters. The first kappa shape index (κ1) is 11.4. The average Bonchev–Trinajstić information content (AvgIpc) is 2.15. The Labute approximate surface area is 96.0 Å². The third-order valence-corrected chi connectivity index (χ3v) is 3.87. The van der Waals surface area contributed by atoms with Crippen LogP contribution < -0.4 is 10.6 Å². The average molecular weight is 240 g/mol. The van der Waals surface area contributed by atoms with Gasteiger partial charge in [0.2, 0.25) is 0 Å². The second kappa shape index (κ2) is 4.43. The Bertz CT molecular complexity index is 449. The zero-order valence-corrected chi connectivity index (χ0v) is 10.0. The highest BCUT2D eigenvalue weighted by molar-refractivity contribution is 7.90. The van der Waals surface area contributed by atoms with Crippen molar-refractivity contribution in [1.29, 1.82) is 0 Å². The lowest BCUT2D eigenvalue weighted by Crippen LogP contribution is -2.45. The van der Waals surface area contributed by atoms with Crippen LogP contribution >= 0.6 is 0 Å². The van der Waals surface area contributed by atoms with Gasteiger partial charge in [-0.3, -0.25) is 0 Å². The van der Waals surface area contributed by atoms with Gasteiger partial charge in [0, 0.05) is 37.5 Å². The first-order valence-corrected chi connectivity index (χ1v) is 7.19. The highest BCUT2D eigenvalue weighted by atomic mass is 32.2. The van der Waals surface area contributed by atoms with E-state index in [1.165, 1.54) is 6.26 Å². The molecule has 88 valence electrons. The molecule has 4 nitrogen and oxygen atoms in total. The summed E-state index contributed by atoms with van der Waals surface area (Å²) in [6, 6.07) is 6.89. The quantitative estimate of drug-likeness (QED) is 0.814. The number of anilines is 1. The molecule has 0 saturated carbocycles. The maximum Gasteiger partial charge on any atom is 0.175 e. The van der Waals surface area contributed by atoms with Crippen molar-refractivity contribution < 1.29 is 8.42 Å². The molecule has 16 heavy (non-hydrogen) atoms. The van der Waals surface area contributed by atoms with Gasteiger partial charge in [0.25, 0.3) is 0 Å². The summed E-state index contributed by atoms with van der Waals surface area (Å²) in [7, 11) is -3.08. The van der Waals surface area contributed by atoms with Gasteiger partial charge in [0.1, 0.15) is 0 Å². The van der Waals surface area contributed by atoms with Crippen LogP contribution in [-0.2, 0) is 9.84 Å². The van der Waals surface area contributed by atoms with E-state index < -0.39 is 9.84 Å². The van der Waals surface area contributed by atoms with Crippen LogP contribution in [0, 0.1) is 5.92 Å². The van der Waals surface area contributed by atoms with E-state index in [-0.39, 0.29) is 0 Å². The van der Waals surface area contributed by atoms with Gasteiger partial charge in [-0.15, -0.1) is 0 Å². The van der Waals surface area contributed by atoms with Crippen molar-refractivity contribution in [2.45, 2.75) is 4.90 Å². The molecule has 1 aliphatic rings. The summed E-state index contributed by atoms with van der Waals surface area (Å²) < 4.78 is 22.5. The first-order chi connectivity index (χ1) is 7.55. The van der Waals surface area contributed by atoms with E-state index in [4.69, 9.17) is 0 Å². The van der Waals surface area contributed by atoms with Gasteiger partial charge in [-0.25, -0.2) is 8.42 Å². The van der Waals surface area contributed by atoms with Gasteiger partial charge < -0.3 is 10.6 Å². The second-order valence-electron chi connectivity index (χ2n) is 4.20. The lowest BCUT2D eigenvalue weighted by Gasteiger charge is -2.27. The first-order valence-electron chi connectivity index (χ1n) is 5.30. The van der Waals surface area contributed by atoms with E-state index in [0.29, 0.717) is 10.8 Å². The minimum Gasteiger partial charge on any atom is -0.385 e. The van der Waals surface area contributed by atoms with Crippen LogP contribution in [0.2, 0.25) is 0 Å². The fourth-order valence-corrected chi connectivity index (χ4v) is 2.21. The third kappa shape index (κ3) is 2.74. The zero-order chi connectivity index (χ0) is 11.6. The maximum atomic E-state index is 11.2. The lowest BCUT2D eigenvalue weighted by molar-refractivity contribution is 0.365. The van der Waals surface area contributed by atoms with E-state index in [1.807, 2.05) is 12.1 Å². The maximum absolute atomic E-state index is 11.2. The molecule has 1 aromatic rings. The molecular weight excluding hydrogens is 224 g/mol. The largest absolute Gasteiger partial charge is 0.385 e. The van der Waals surface area contributed by atoms with Crippen molar-refractivity contribution in [3.05, 3.63) is 24.3 Å². The van der Waals surface area contributed by atoms with Gasteiger partial charge in [-0.1, -0.05) is 0 Å². The highest BCUT2D eigenvalue weighted by Gasteiger charge is 2.15. The number of nitrogens with one attached hydrogen (secondary N) is 2. The van der Waals surface area contributed by atoms with Crippen molar-refractivity contribution in [3.63, 3.8) is 0 Å². The summed E-state index contributed by atoms with van der Waals surface area (Å²) in [5.74, 6) is 0.689. The minimum absolute atomic E-state index is 0.364. The molecule has 1 aliphatic heterocycles. The molecule has 0 radical (unpaired) electrons. The second-order valence-corrected chi connectivity index (χ2v) is 6.22. The predicted octanol–water partition coefficient (Wildman–Crippen LogP) is 0.721. The molecule has 2 rings (SSSR count). The molecule has 1 aromatic carbocycles. The Morgan fingerprint density at radius 1 is 1.31 bits per heavy atom. The molecule has 0 unspecified atom stereocenters. The van der Waals surface area contributed by atoms with Crippen LogP contribution in [0.25, 0.3) is 0 Å². The molecule has 2 N–H and O–H groups in total. The van der Waals surface area contributed by atoms with E-state index in [1.54, 1.807) is 12.1 Å². The summed E-state index contributed by atoms with van der Waals surface area (Å²) in [5, 5.41) is 6.50. The topological polar surface area (TPSA) is 58.2 Å². The zero-order valence-electron chi connectivity index (χ0n) is 9.23. The van der Waals surface area contributed by atoms with Gasteiger partial charge >= 0.3 is 0 Å². The SMILES string of the molecule is CS(=O)(=O)c1ccc(NCC2CNC2)cc1. The van der Waals surface area contributed by atoms with Gasteiger partial charge in [0.15, 0.2) is 9.84 Å². The van der Waals surface area contributed by atoms with Crippen LogP contribution in [0.4, 0.5) is 5.69 Å². The molecule has 0 spiro atoms. The monoisotopic (exact) mass is 240 g/mol. The molecule has 1 fully saturated rings. The van der Waals surface area contributed by atoms with Crippen molar-refractivity contribution in [2.24, 2.45) is 5.92 Å². The molecule has 0 aromatic heterocycles. The standard InChI is InChI=1S/C11H16N2O2S/c1-16(14,15)11-4-2-10(3-5-11)13-8-9-6-12-7-9/h2-5,9,12-13H,6-8H2,1H3. The normalized spacial score (nSPS) is 16.8. The van der Waals surface area contributed by atoms with Crippen LogP contribution in [-0.4, -0.2) is 34.3 Å². The summed E-state index contributed by atoms with van der Waals surface area (Å²) in [5.41, 5.74) is 0.972. The molecular formula is C11H16N2O2S. The third-order valence-electron chi connectivity index (χ3n) is 2.74. The Morgan fingerprint density at radius 2 is 1.94 bits per heavy atom. The van der Waals surface area contributed by atoms with E-state index in [2.05, 4.69) is 10.6 Å². The molecule has 1 heterocycles. The minimum atomic E-state index is -3.08. The predicted molar refractivity (Wildman–Crippen MR) is 64.4 cm³/mol. The molecule has 0 aliphatic carbocycles. The molecule has 0 bridgehead atoms. The van der Waals surface area contributed by atoms with E-state index in [9.17, 15) is 8.42 Å². The van der Waals surface area contributed by atoms with Crippen molar-refractivity contribution in [1.82, 2.24) is 5.32 Å². The number of rotatable bonds is 4. The Morgan fingerprint density at radius 3 is 2.38 bits per heavy atom. The molecule has 1 saturated heterocycles. The van der Waals surface area contributed by atoms with E-state index in [0.717, 1.165) is 25.3 Å². The van der Waals surface area contributed by atoms with E-state index >= 15 is 0 Å². The van der Waals surface area contributed by atoms with Crippen LogP contribution in [0.5, 0.6) is 0 Å². The fourth-order valence-electron chi connectivity index (χ4n) is 1.57. The van der Waals surface area contributed by atoms with Crippen LogP contribution in [0.15, 0.2) is 29.2 Å². The Balaban J connectivity index is 1.96. The summed E-state index contributed by atoms with van der Waals surface area (Å²) in [6.45, 7) is 3.06. The van der Waals surface area contributed by atoms with Crippen molar-refractivity contribution in [3.8, 4) is 0 Å². The number of hydrogen-bond acceptors (Lipinski definition) is 4. The summed E-state index contributed by atoms with van der Waals surface area (Å²) in [4.78, 5) is 0.364. The van der Waals surface area contributed by atoms with Crippen molar-refractivity contribution in [2.75, 3.05) is 31.2 Å². The van der Waals surface area contributed by atoms with Crippen molar-refractivity contribution >= 4 is 15.5 Å². The van der Waals surface area contributed by atoms with Gasteiger partial charge in [-0.2, -0.15) is 0 Å². The number of benzene rings is 1. The summed E-state index contributed by atoms with van der Waals surface area (Å²) in [6.07, 6.45) is 1.22. The molecule has 5 heteroatoms.